The van der Waals surface area contributed by atoms with Crippen molar-refractivity contribution < 1.29 is 19.4 Å². The number of hydrazone groups is 1. The van der Waals surface area contributed by atoms with E-state index in [0.717, 1.165) is 30.0 Å². The second kappa shape index (κ2) is 10.6. The van der Waals surface area contributed by atoms with Gasteiger partial charge >= 0.3 is 0 Å². The number of aromatic hydroxyl groups is 1. The Morgan fingerprint density at radius 1 is 1.03 bits per heavy atom. The summed E-state index contributed by atoms with van der Waals surface area (Å²) < 4.78 is 5.68. The van der Waals surface area contributed by atoms with E-state index >= 15 is 0 Å². The van der Waals surface area contributed by atoms with Crippen molar-refractivity contribution in [3.8, 4) is 11.5 Å². The molecule has 1 saturated heterocycles. The molecule has 0 spiro atoms. The number of carbonyl (C=O) groups is 2. The SMILES string of the molecule is C/C(=N\NC(=O)c1ccc(OCC(=O)N2C(C)CCCC2C)cc1)c1ccc2ccccc2c1O. The third kappa shape index (κ3) is 5.45. The van der Waals surface area contributed by atoms with Crippen molar-refractivity contribution in [3.05, 3.63) is 71.8 Å². The molecule has 0 aromatic heterocycles. The first kappa shape index (κ1) is 24.3. The van der Waals surface area contributed by atoms with E-state index in [-0.39, 0.29) is 36.3 Å². The minimum absolute atomic E-state index is 0.0201. The molecule has 2 unspecified atom stereocenters. The first-order valence-electron chi connectivity index (χ1n) is 11.9. The van der Waals surface area contributed by atoms with Gasteiger partial charge in [0.05, 0.1) is 5.71 Å². The smallest absolute Gasteiger partial charge is 0.271 e. The van der Waals surface area contributed by atoms with E-state index in [1.165, 1.54) is 0 Å². The van der Waals surface area contributed by atoms with Gasteiger partial charge in [0.15, 0.2) is 6.61 Å². The Labute approximate surface area is 205 Å². The van der Waals surface area contributed by atoms with Crippen LogP contribution in [0.2, 0.25) is 0 Å². The first-order chi connectivity index (χ1) is 16.8. The monoisotopic (exact) mass is 473 g/mol. The topological polar surface area (TPSA) is 91.2 Å². The van der Waals surface area contributed by atoms with Crippen LogP contribution in [-0.4, -0.2) is 46.2 Å². The van der Waals surface area contributed by atoms with Crippen molar-refractivity contribution in [1.29, 1.82) is 0 Å². The number of amides is 2. The summed E-state index contributed by atoms with van der Waals surface area (Å²) in [6.07, 6.45) is 3.17. The maximum atomic E-state index is 12.6. The molecule has 3 aromatic carbocycles. The van der Waals surface area contributed by atoms with Crippen LogP contribution in [0.4, 0.5) is 0 Å². The van der Waals surface area contributed by atoms with Crippen molar-refractivity contribution in [2.45, 2.75) is 52.1 Å². The lowest BCUT2D eigenvalue weighted by molar-refractivity contribution is -0.139. The van der Waals surface area contributed by atoms with E-state index in [2.05, 4.69) is 24.4 Å². The highest BCUT2D eigenvalue weighted by Gasteiger charge is 2.29. The van der Waals surface area contributed by atoms with Crippen molar-refractivity contribution in [1.82, 2.24) is 10.3 Å². The van der Waals surface area contributed by atoms with E-state index in [0.29, 0.717) is 22.6 Å². The van der Waals surface area contributed by atoms with E-state index in [4.69, 9.17) is 4.74 Å². The third-order valence-corrected chi connectivity index (χ3v) is 6.58. The fraction of sp³-hybridized carbons (Fsp3) is 0.321. The summed E-state index contributed by atoms with van der Waals surface area (Å²) >= 11 is 0. The highest BCUT2D eigenvalue weighted by molar-refractivity contribution is 6.07. The summed E-state index contributed by atoms with van der Waals surface area (Å²) in [6.45, 7) is 5.85. The van der Waals surface area contributed by atoms with Gasteiger partial charge in [-0.05, 0) is 75.8 Å². The molecule has 0 radical (unpaired) electrons. The Morgan fingerprint density at radius 2 is 1.71 bits per heavy atom. The largest absolute Gasteiger partial charge is 0.507 e. The normalized spacial score (nSPS) is 18.4. The zero-order chi connectivity index (χ0) is 24.9. The van der Waals surface area contributed by atoms with Gasteiger partial charge in [-0.2, -0.15) is 5.10 Å². The standard InChI is InChI=1S/C28H31N3O4/c1-18-7-6-8-19(2)31(18)26(32)17-35-23-14-11-22(12-15-23)28(34)30-29-20(3)24-16-13-21-9-4-5-10-25(21)27(24)33/h4-5,9-16,18-19,33H,6-8,17H2,1-3H3,(H,30,34)/b29-20+. The molecule has 2 atom stereocenters. The van der Waals surface area contributed by atoms with Crippen LogP contribution >= 0.6 is 0 Å². The molecule has 2 amide bonds. The molecule has 1 aliphatic rings. The molecule has 1 heterocycles. The van der Waals surface area contributed by atoms with E-state index < -0.39 is 0 Å². The van der Waals surface area contributed by atoms with Crippen LogP contribution in [0.25, 0.3) is 10.8 Å². The molecule has 1 aliphatic heterocycles. The Balaban J connectivity index is 1.35. The molecule has 7 nitrogen and oxygen atoms in total. The maximum Gasteiger partial charge on any atom is 0.271 e. The minimum Gasteiger partial charge on any atom is -0.507 e. The van der Waals surface area contributed by atoms with Gasteiger partial charge in [-0.25, -0.2) is 5.43 Å². The van der Waals surface area contributed by atoms with Crippen LogP contribution in [0.1, 0.15) is 56.0 Å². The van der Waals surface area contributed by atoms with Crippen LogP contribution < -0.4 is 10.2 Å². The Hall–Kier alpha value is -3.87. The number of phenolic OH excluding ortho intramolecular Hbond substituents is 1. The number of ether oxygens (including phenoxy) is 1. The number of piperidine rings is 1. The van der Waals surface area contributed by atoms with E-state index in [1.54, 1.807) is 37.3 Å². The van der Waals surface area contributed by atoms with Crippen LogP contribution in [0.5, 0.6) is 11.5 Å². The summed E-state index contributed by atoms with van der Waals surface area (Å²) in [5.74, 6) is 0.243. The van der Waals surface area contributed by atoms with Crippen LogP contribution in [0.15, 0.2) is 65.8 Å². The minimum atomic E-state index is -0.386. The summed E-state index contributed by atoms with van der Waals surface area (Å²) in [5, 5.41) is 16.4. The van der Waals surface area contributed by atoms with Crippen molar-refractivity contribution in [2.24, 2.45) is 5.10 Å². The van der Waals surface area contributed by atoms with Crippen molar-refractivity contribution >= 4 is 28.3 Å². The van der Waals surface area contributed by atoms with E-state index in [9.17, 15) is 14.7 Å². The van der Waals surface area contributed by atoms with Gasteiger partial charge in [-0.3, -0.25) is 9.59 Å². The molecule has 0 saturated carbocycles. The highest BCUT2D eigenvalue weighted by atomic mass is 16.5. The second-order valence-electron chi connectivity index (χ2n) is 9.06. The number of fused-ring (bicyclic) bond motifs is 1. The molecule has 0 bridgehead atoms. The Kier molecular flexibility index (Phi) is 7.34. The molecular formula is C28H31N3O4. The number of nitrogens with one attached hydrogen (secondary N) is 1. The molecule has 2 N–H and O–H groups in total. The molecular weight excluding hydrogens is 442 g/mol. The number of rotatable bonds is 6. The van der Waals surface area contributed by atoms with E-state index in [1.807, 2.05) is 35.2 Å². The molecule has 182 valence electrons. The average Bonchev–Trinajstić information content (AvgIpc) is 2.86. The second-order valence-corrected chi connectivity index (χ2v) is 9.06. The number of phenols is 1. The number of hydrogen-bond donors (Lipinski definition) is 2. The molecule has 4 rings (SSSR count). The molecule has 3 aromatic rings. The lowest BCUT2D eigenvalue weighted by Crippen LogP contribution is -2.49. The number of hydrogen-bond acceptors (Lipinski definition) is 5. The Morgan fingerprint density at radius 3 is 2.43 bits per heavy atom. The van der Waals surface area contributed by atoms with Gasteiger partial charge in [-0.1, -0.05) is 30.3 Å². The maximum absolute atomic E-state index is 12.6. The lowest BCUT2D eigenvalue weighted by atomic mass is 9.97. The quantitative estimate of drug-likeness (QED) is 0.395. The van der Waals surface area contributed by atoms with Crippen molar-refractivity contribution in [3.63, 3.8) is 0 Å². The fourth-order valence-electron chi connectivity index (χ4n) is 4.64. The Bertz CT molecular complexity index is 1240. The zero-order valence-corrected chi connectivity index (χ0v) is 20.3. The molecule has 35 heavy (non-hydrogen) atoms. The summed E-state index contributed by atoms with van der Waals surface area (Å²) in [4.78, 5) is 27.1. The summed E-state index contributed by atoms with van der Waals surface area (Å²) in [7, 11) is 0. The summed E-state index contributed by atoms with van der Waals surface area (Å²) in [6, 6.07) is 18.2. The van der Waals surface area contributed by atoms with Crippen LogP contribution in [-0.2, 0) is 4.79 Å². The van der Waals surface area contributed by atoms with Gasteiger partial charge in [-0.15, -0.1) is 0 Å². The first-order valence-corrected chi connectivity index (χ1v) is 11.9. The third-order valence-electron chi connectivity index (χ3n) is 6.58. The molecule has 7 heteroatoms. The number of carbonyl (C=O) groups excluding carboxylic acids is 2. The lowest BCUT2D eigenvalue weighted by Gasteiger charge is -2.38. The van der Waals surface area contributed by atoms with Gasteiger partial charge < -0.3 is 14.7 Å². The number of benzene rings is 3. The zero-order valence-electron chi connectivity index (χ0n) is 20.3. The molecule has 1 fully saturated rings. The van der Waals surface area contributed by atoms with Gasteiger partial charge in [0.2, 0.25) is 0 Å². The highest BCUT2D eigenvalue weighted by Crippen LogP contribution is 2.29. The fourth-order valence-corrected chi connectivity index (χ4v) is 4.64. The predicted molar refractivity (Wildman–Crippen MR) is 137 cm³/mol. The van der Waals surface area contributed by atoms with Gasteiger partial charge in [0.1, 0.15) is 11.5 Å². The average molecular weight is 474 g/mol. The van der Waals surface area contributed by atoms with Gasteiger partial charge in [0, 0.05) is 28.6 Å². The van der Waals surface area contributed by atoms with Crippen molar-refractivity contribution in [2.75, 3.05) is 6.61 Å². The molecule has 0 aliphatic carbocycles. The predicted octanol–water partition coefficient (Wildman–Crippen LogP) is 4.87. The van der Waals surface area contributed by atoms with Gasteiger partial charge in [0.25, 0.3) is 11.8 Å². The number of likely N-dealkylation sites (tertiary alicyclic amines) is 1. The van der Waals surface area contributed by atoms with Crippen LogP contribution in [0, 0.1) is 0 Å². The van der Waals surface area contributed by atoms with Crippen LogP contribution in [0.3, 0.4) is 0 Å². The summed E-state index contributed by atoms with van der Waals surface area (Å²) in [5.41, 5.74) is 3.97. The number of nitrogens with zero attached hydrogens (tertiary/aromatic N) is 2.